The Hall–Kier alpha value is -2.02. The SMILES string of the molecule is C=CCCCCCNc1ccc2c(c1)Cc1ccccc1-2. The van der Waals surface area contributed by atoms with Crippen molar-refractivity contribution in [2.75, 3.05) is 11.9 Å². The van der Waals surface area contributed by atoms with E-state index < -0.39 is 0 Å². The number of benzene rings is 2. The summed E-state index contributed by atoms with van der Waals surface area (Å²) in [6.45, 7) is 4.82. The van der Waals surface area contributed by atoms with Crippen molar-refractivity contribution in [2.24, 2.45) is 0 Å². The molecule has 0 heterocycles. The normalized spacial score (nSPS) is 11.8. The van der Waals surface area contributed by atoms with Crippen molar-refractivity contribution in [1.29, 1.82) is 0 Å². The van der Waals surface area contributed by atoms with Crippen LogP contribution in [-0.4, -0.2) is 6.54 Å². The van der Waals surface area contributed by atoms with Gasteiger partial charge >= 0.3 is 0 Å². The van der Waals surface area contributed by atoms with Gasteiger partial charge in [0.1, 0.15) is 0 Å². The molecule has 0 aliphatic heterocycles. The maximum Gasteiger partial charge on any atom is 0.0343 e. The highest BCUT2D eigenvalue weighted by Crippen LogP contribution is 2.37. The summed E-state index contributed by atoms with van der Waals surface area (Å²) in [5.41, 5.74) is 6.97. The highest BCUT2D eigenvalue weighted by molar-refractivity contribution is 5.78. The quantitative estimate of drug-likeness (QED) is 0.449. The number of rotatable bonds is 7. The molecule has 108 valence electrons. The molecule has 1 heteroatoms. The van der Waals surface area contributed by atoms with E-state index in [9.17, 15) is 0 Å². The minimum absolute atomic E-state index is 1.06. The van der Waals surface area contributed by atoms with E-state index in [0.29, 0.717) is 0 Å². The predicted octanol–water partition coefficient (Wildman–Crippen LogP) is 5.42. The highest BCUT2D eigenvalue weighted by Gasteiger charge is 2.17. The number of fused-ring (bicyclic) bond motifs is 3. The van der Waals surface area contributed by atoms with Gasteiger partial charge in [-0.15, -0.1) is 6.58 Å². The molecule has 1 nitrogen and oxygen atoms in total. The molecule has 0 fully saturated rings. The van der Waals surface area contributed by atoms with Crippen LogP contribution in [0.2, 0.25) is 0 Å². The first-order chi connectivity index (χ1) is 10.4. The van der Waals surface area contributed by atoms with Gasteiger partial charge in [-0.25, -0.2) is 0 Å². The Bertz CT molecular complexity index is 627. The molecule has 0 radical (unpaired) electrons. The van der Waals surface area contributed by atoms with Gasteiger partial charge in [0.2, 0.25) is 0 Å². The van der Waals surface area contributed by atoms with Crippen molar-refractivity contribution >= 4 is 5.69 Å². The minimum Gasteiger partial charge on any atom is -0.385 e. The van der Waals surface area contributed by atoms with Gasteiger partial charge in [0.25, 0.3) is 0 Å². The largest absolute Gasteiger partial charge is 0.385 e. The lowest BCUT2D eigenvalue weighted by molar-refractivity contribution is 0.709. The van der Waals surface area contributed by atoms with E-state index in [1.54, 1.807) is 0 Å². The summed E-state index contributed by atoms with van der Waals surface area (Å²) in [5.74, 6) is 0. The lowest BCUT2D eigenvalue weighted by Gasteiger charge is -2.08. The van der Waals surface area contributed by atoms with E-state index in [0.717, 1.165) is 19.4 Å². The van der Waals surface area contributed by atoms with Crippen molar-refractivity contribution < 1.29 is 0 Å². The first-order valence-electron chi connectivity index (χ1n) is 7.94. The molecule has 2 aromatic rings. The number of unbranched alkanes of at least 4 members (excludes halogenated alkanes) is 3. The van der Waals surface area contributed by atoms with E-state index in [1.807, 2.05) is 6.08 Å². The second-order valence-electron chi connectivity index (χ2n) is 5.77. The van der Waals surface area contributed by atoms with Gasteiger partial charge in [-0.2, -0.15) is 0 Å². The summed E-state index contributed by atoms with van der Waals surface area (Å²) in [6.07, 6.45) is 7.97. The van der Waals surface area contributed by atoms with Crippen LogP contribution in [0, 0.1) is 0 Å². The molecule has 0 aromatic heterocycles. The summed E-state index contributed by atoms with van der Waals surface area (Å²) < 4.78 is 0. The fraction of sp³-hybridized carbons (Fsp3) is 0.300. The molecule has 0 saturated heterocycles. The summed E-state index contributed by atoms with van der Waals surface area (Å²) >= 11 is 0. The van der Waals surface area contributed by atoms with Gasteiger partial charge in [-0.3, -0.25) is 0 Å². The average molecular weight is 277 g/mol. The third-order valence-electron chi connectivity index (χ3n) is 4.21. The monoisotopic (exact) mass is 277 g/mol. The van der Waals surface area contributed by atoms with Gasteiger partial charge in [0.15, 0.2) is 0 Å². The summed E-state index contributed by atoms with van der Waals surface area (Å²) in [5, 5.41) is 3.55. The first-order valence-corrected chi connectivity index (χ1v) is 7.94. The standard InChI is InChI=1S/C20H23N/c1-2-3-4-5-8-13-21-18-11-12-20-17(15-18)14-16-9-6-7-10-19(16)20/h2,6-7,9-12,15,21H,1,3-5,8,13-14H2. The Kier molecular flexibility index (Phi) is 4.40. The van der Waals surface area contributed by atoms with Gasteiger partial charge < -0.3 is 5.32 Å². The van der Waals surface area contributed by atoms with Crippen LogP contribution in [-0.2, 0) is 6.42 Å². The van der Waals surface area contributed by atoms with Gasteiger partial charge in [0, 0.05) is 12.2 Å². The van der Waals surface area contributed by atoms with Crippen molar-refractivity contribution in [3.63, 3.8) is 0 Å². The molecular weight excluding hydrogens is 254 g/mol. The summed E-state index contributed by atoms with van der Waals surface area (Å²) in [7, 11) is 0. The maximum atomic E-state index is 3.76. The lowest BCUT2D eigenvalue weighted by atomic mass is 10.1. The number of hydrogen-bond acceptors (Lipinski definition) is 1. The van der Waals surface area contributed by atoms with Crippen LogP contribution in [0.1, 0.15) is 36.8 Å². The zero-order valence-electron chi connectivity index (χ0n) is 12.6. The average Bonchev–Trinajstić information content (AvgIpc) is 2.88. The van der Waals surface area contributed by atoms with E-state index in [1.165, 1.54) is 47.2 Å². The smallest absolute Gasteiger partial charge is 0.0343 e. The van der Waals surface area contributed by atoms with Crippen LogP contribution >= 0.6 is 0 Å². The van der Waals surface area contributed by atoms with Crippen molar-refractivity contribution in [2.45, 2.75) is 32.1 Å². The minimum atomic E-state index is 1.06. The van der Waals surface area contributed by atoms with Crippen LogP contribution in [0.4, 0.5) is 5.69 Å². The third-order valence-corrected chi connectivity index (χ3v) is 4.21. The predicted molar refractivity (Wildman–Crippen MR) is 91.8 cm³/mol. The topological polar surface area (TPSA) is 12.0 Å². The molecule has 0 bridgehead atoms. The zero-order valence-corrected chi connectivity index (χ0v) is 12.6. The number of hydrogen-bond donors (Lipinski definition) is 1. The van der Waals surface area contributed by atoms with Crippen LogP contribution in [0.15, 0.2) is 55.1 Å². The molecule has 1 N–H and O–H groups in total. The van der Waals surface area contributed by atoms with Gasteiger partial charge in [0.05, 0.1) is 0 Å². The Balaban J connectivity index is 1.58. The molecule has 0 atom stereocenters. The van der Waals surface area contributed by atoms with Crippen molar-refractivity contribution in [1.82, 2.24) is 0 Å². The maximum absolute atomic E-state index is 3.76. The Labute approximate surface area is 127 Å². The fourth-order valence-electron chi connectivity index (χ4n) is 3.08. The third kappa shape index (κ3) is 3.18. The molecule has 1 aliphatic carbocycles. The molecule has 2 aromatic carbocycles. The second-order valence-corrected chi connectivity index (χ2v) is 5.77. The van der Waals surface area contributed by atoms with Crippen LogP contribution < -0.4 is 5.32 Å². The number of nitrogens with one attached hydrogen (secondary N) is 1. The molecule has 0 amide bonds. The van der Waals surface area contributed by atoms with E-state index >= 15 is 0 Å². The van der Waals surface area contributed by atoms with Gasteiger partial charge in [-0.05, 0) is 60.1 Å². The molecule has 1 aliphatic rings. The van der Waals surface area contributed by atoms with Crippen LogP contribution in [0.5, 0.6) is 0 Å². The van der Waals surface area contributed by atoms with E-state index in [4.69, 9.17) is 0 Å². The number of allylic oxidation sites excluding steroid dienone is 1. The Morgan fingerprint density at radius 2 is 1.81 bits per heavy atom. The molecule has 0 spiro atoms. The summed E-state index contributed by atoms with van der Waals surface area (Å²) in [6, 6.07) is 15.5. The molecule has 21 heavy (non-hydrogen) atoms. The van der Waals surface area contributed by atoms with Gasteiger partial charge in [-0.1, -0.05) is 42.8 Å². The Morgan fingerprint density at radius 3 is 2.71 bits per heavy atom. The van der Waals surface area contributed by atoms with Crippen LogP contribution in [0.3, 0.4) is 0 Å². The Morgan fingerprint density at radius 1 is 0.952 bits per heavy atom. The fourth-order valence-corrected chi connectivity index (χ4v) is 3.08. The van der Waals surface area contributed by atoms with Crippen LogP contribution in [0.25, 0.3) is 11.1 Å². The van der Waals surface area contributed by atoms with E-state index in [2.05, 4.69) is 54.4 Å². The first kappa shape index (κ1) is 13.9. The van der Waals surface area contributed by atoms with Crippen molar-refractivity contribution in [3.8, 4) is 11.1 Å². The molecule has 3 rings (SSSR count). The van der Waals surface area contributed by atoms with E-state index in [-0.39, 0.29) is 0 Å². The lowest BCUT2D eigenvalue weighted by Crippen LogP contribution is -2.01. The van der Waals surface area contributed by atoms with Crippen molar-refractivity contribution in [3.05, 3.63) is 66.2 Å². The molecule has 0 unspecified atom stereocenters. The molecule has 0 saturated carbocycles. The highest BCUT2D eigenvalue weighted by atomic mass is 14.9. The molecular formula is C20H23N. The zero-order chi connectivity index (χ0) is 14.5. The summed E-state index contributed by atoms with van der Waals surface area (Å²) in [4.78, 5) is 0. The number of anilines is 1. The second kappa shape index (κ2) is 6.62.